The van der Waals surface area contributed by atoms with E-state index in [4.69, 9.17) is 0 Å². The Labute approximate surface area is 146 Å². The monoisotopic (exact) mass is 430 g/mol. The quantitative estimate of drug-likeness (QED) is 0.356. The van der Waals surface area contributed by atoms with Crippen LogP contribution >= 0.6 is 0 Å². The normalized spacial score (nSPS) is 13.2. The topological polar surface area (TPSA) is 147 Å². The average Bonchev–Trinajstić information content (AvgIpc) is 2.55. The number of carbonyl (C=O) groups is 2. The summed E-state index contributed by atoms with van der Waals surface area (Å²) in [6.45, 7) is 1.86. The highest BCUT2D eigenvalue weighted by molar-refractivity contribution is 7.99. The third-order valence-electron chi connectivity index (χ3n) is 2.64. The molecule has 0 aromatic rings. The van der Waals surface area contributed by atoms with Gasteiger partial charge in [-0.25, -0.2) is 0 Å². The van der Waals surface area contributed by atoms with Gasteiger partial charge in [0.25, 0.3) is 3.57 Å². The fraction of sp³-hybridized carbons (Fsp3) is 0.800. The van der Waals surface area contributed by atoms with Gasteiger partial charge in [0.1, 0.15) is 0 Å². The average molecular weight is 430 g/mol. The summed E-state index contributed by atoms with van der Waals surface area (Å²) < 4.78 is 97.7. The highest BCUT2D eigenvalue weighted by Crippen LogP contribution is 2.31. The van der Waals surface area contributed by atoms with Crippen molar-refractivity contribution in [2.24, 2.45) is 0 Å². The number of hydrogen-bond donors (Lipinski definition) is 2. The van der Waals surface area contributed by atoms with Crippen molar-refractivity contribution in [2.75, 3.05) is 13.1 Å². The fourth-order valence-corrected chi connectivity index (χ4v) is 3.82. The van der Waals surface area contributed by atoms with E-state index in [2.05, 4.69) is 0 Å². The van der Waals surface area contributed by atoms with Gasteiger partial charge in [-0.3, -0.25) is 9.59 Å². The maximum Gasteiger partial charge on any atom is 0.502 e. The molecule has 16 heteroatoms. The van der Waals surface area contributed by atoms with Crippen LogP contribution < -0.4 is 10.6 Å². The van der Waals surface area contributed by atoms with Crippen LogP contribution in [-0.4, -0.2) is 55.8 Å². The number of sulfonamides is 2. The Balaban J connectivity index is 5.94. The molecule has 0 aliphatic rings. The minimum atomic E-state index is -6.98. The first-order chi connectivity index (χ1) is 11.6. The van der Waals surface area contributed by atoms with Crippen molar-refractivity contribution in [3.8, 4) is 0 Å². The molecule has 0 spiro atoms. The second-order valence-electron chi connectivity index (χ2n) is 4.72. The second kappa shape index (κ2) is 8.24. The van der Waals surface area contributed by atoms with Gasteiger partial charge in [0.2, 0.25) is 0 Å². The molecule has 0 bridgehead atoms. The summed E-state index contributed by atoms with van der Waals surface area (Å²) in [7, 11) is -14.0. The number of alkyl halides is 4. The molecule has 0 atom stereocenters. The molecule has 0 rings (SSSR count). The van der Waals surface area contributed by atoms with Crippen molar-refractivity contribution < 1.29 is 47.6 Å². The molecule has 26 heavy (non-hydrogen) atoms. The molecule has 2 amide bonds. The number of hydrogen-bond acceptors (Lipinski definition) is 7. The number of rotatable bonds is 10. The predicted octanol–water partition coefficient (Wildman–Crippen LogP) is -0.337. The Hall–Kier alpha value is -1.84. The largest absolute Gasteiger partial charge is 0.502 e. The zero-order valence-corrected chi connectivity index (χ0v) is 15.1. The molecular formula is C10H16F4N3O7S2+. The van der Waals surface area contributed by atoms with Crippen LogP contribution in [0.5, 0.6) is 0 Å². The van der Waals surface area contributed by atoms with Gasteiger partial charge in [-0.15, -0.1) is 0 Å². The van der Waals surface area contributed by atoms with Crippen molar-refractivity contribution >= 4 is 31.9 Å². The molecule has 152 valence electrons. The predicted molar refractivity (Wildman–Crippen MR) is 78.0 cm³/mol. The van der Waals surface area contributed by atoms with Gasteiger partial charge >= 0.3 is 42.4 Å². The number of carbonyl (C=O) groups excluding carboxylic acids is 2. The summed E-state index contributed by atoms with van der Waals surface area (Å²) in [5, 5.41) is -8.59. The lowest BCUT2D eigenvalue weighted by Gasteiger charge is -2.13. The molecule has 0 unspecified atom stereocenters. The van der Waals surface area contributed by atoms with Crippen molar-refractivity contribution in [3.63, 3.8) is 0 Å². The fourth-order valence-electron chi connectivity index (χ4n) is 1.23. The lowest BCUT2D eigenvalue weighted by Crippen LogP contribution is -2.55. The van der Waals surface area contributed by atoms with Crippen LogP contribution in [0.1, 0.15) is 26.7 Å². The molecular weight excluding hydrogens is 414 g/mol. The molecule has 0 aromatic heterocycles. The SMILES string of the molecule is CCCNC(=O)C(F)(F)S(=O)(=O)[N+](=O)S(=O)(=O)C(F)(F)C(=O)NCCC. The number of halogens is 4. The minimum absolute atomic E-state index is 0.0664. The van der Waals surface area contributed by atoms with Crippen LogP contribution in [0, 0.1) is 4.91 Å². The molecule has 2 N–H and O–H groups in total. The number of amides is 2. The third kappa shape index (κ3) is 4.28. The first-order valence-corrected chi connectivity index (χ1v) is 9.79. The van der Waals surface area contributed by atoms with E-state index in [9.17, 15) is 48.9 Å². The standard InChI is InChI=1S/C10H15F4N3O7S2/c1-3-5-15-7(18)9(11,12)25(21,22)17(20)26(23,24)10(13,14)8(19)16-6-4-2/h3-6H2,1-2H3,(H-,15,16,18,19)/p+1. The molecule has 0 aliphatic carbocycles. The van der Waals surface area contributed by atoms with E-state index in [-0.39, 0.29) is 12.8 Å². The van der Waals surface area contributed by atoms with Crippen molar-refractivity contribution in [1.29, 1.82) is 0 Å². The second-order valence-corrected chi connectivity index (χ2v) is 8.54. The van der Waals surface area contributed by atoms with Gasteiger partial charge in [0.05, 0.1) is 4.91 Å². The van der Waals surface area contributed by atoms with E-state index in [1.54, 1.807) is 0 Å². The van der Waals surface area contributed by atoms with E-state index < -0.39 is 59.0 Å². The maximum absolute atomic E-state index is 13.6. The summed E-state index contributed by atoms with van der Waals surface area (Å²) >= 11 is 0. The van der Waals surface area contributed by atoms with E-state index >= 15 is 0 Å². The lowest BCUT2D eigenvalue weighted by atomic mass is 10.5. The van der Waals surface area contributed by atoms with Crippen LogP contribution in [0.15, 0.2) is 0 Å². The van der Waals surface area contributed by atoms with Crippen LogP contribution in [0.2, 0.25) is 0 Å². The molecule has 0 aliphatic heterocycles. The summed E-state index contributed by atoms with van der Waals surface area (Å²) in [4.78, 5) is 33.7. The molecule has 0 aromatic carbocycles. The smallest absolute Gasteiger partial charge is 0.350 e. The Morgan fingerprint density at radius 3 is 1.31 bits per heavy atom. The van der Waals surface area contributed by atoms with Gasteiger partial charge in [0, 0.05) is 13.1 Å². The van der Waals surface area contributed by atoms with E-state index in [1.807, 2.05) is 0 Å². The first-order valence-electron chi connectivity index (χ1n) is 6.91. The van der Waals surface area contributed by atoms with Gasteiger partial charge < -0.3 is 10.6 Å². The Morgan fingerprint density at radius 2 is 1.08 bits per heavy atom. The summed E-state index contributed by atoms with van der Waals surface area (Å²) in [6, 6.07) is 0. The zero-order chi connectivity index (χ0) is 21.0. The van der Waals surface area contributed by atoms with Gasteiger partial charge in [-0.1, -0.05) is 13.8 Å². The van der Waals surface area contributed by atoms with Crippen LogP contribution in [-0.2, 0) is 29.6 Å². The van der Waals surface area contributed by atoms with Crippen molar-refractivity contribution in [1.82, 2.24) is 10.6 Å². The summed E-state index contributed by atoms with van der Waals surface area (Å²) in [5.74, 6) is -5.18. The third-order valence-corrected chi connectivity index (χ3v) is 6.27. The maximum atomic E-state index is 13.6. The molecule has 0 heterocycles. The highest BCUT2D eigenvalue weighted by Gasteiger charge is 2.73. The van der Waals surface area contributed by atoms with Crippen LogP contribution in [0.3, 0.4) is 0 Å². The van der Waals surface area contributed by atoms with E-state index in [1.165, 1.54) is 24.5 Å². The number of nitrogens with one attached hydrogen (secondary N) is 2. The lowest BCUT2D eigenvalue weighted by molar-refractivity contribution is -0.230. The molecule has 0 radical (unpaired) electrons. The Bertz CT molecular complexity index is 716. The number of nitrogens with zero attached hydrogens (tertiary/aromatic N) is 1. The molecule has 10 nitrogen and oxygen atoms in total. The Morgan fingerprint density at radius 1 is 0.808 bits per heavy atom. The van der Waals surface area contributed by atoms with Gasteiger partial charge in [-0.2, -0.15) is 34.4 Å². The summed E-state index contributed by atoms with van der Waals surface area (Å²) in [6.07, 6.45) is 0.133. The van der Waals surface area contributed by atoms with E-state index in [0.717, 1.165) is 0 Å². The van der Waals surface area contributed by atoms with Gasteiger partial charge in [-0.05, 0) is 12.8 Å². The van der Waals surface area contributed by atoms with E-state index in [0.29, 0.717) is 0 Å². The van der Waals surface area contributed by atoms with Gasteiger partial charge in [0.15, 0.2) is 0 Å². The molecule has 0 saturated carbocycles. The molecule has 0 fully saturated rings. The zero-order valence-electron chi connectivity index (χ0n) is 13.5. The van der Waals surface area contributed by atoms with Crippen LogP contribution in [0.25, 0.3) is 0 Å². The molecule has 0 saturated heterocycles. The highest BCUT2D eigenvalue weighted by atomic mass is 32.3. The minimum Gasteiger partial charge on any atom is -0.350 e. The van der Waals surface area contributed by atoms with Crippen LogP contribution in [0.4, 0.5) is 17.6 Å². The van der Waals surface area contributed by atoms with Crippen molar-refractivity contribution in [2.45, 2.75) is 37.2 Å². The van der Waals surface area contributed by atoms with Crippen molar-refractivity contribution in [3.05, 3.63) is 4.91 Å². The Kier molecular flexibility index (Phi) is 7.65. The first kappa shape index (κ1) is 24.2. The summed E-state index contributed by atoms with van der Waals surface area (Å²) in [5.41, 5.74) is 0. The number of nitroso groups, excluding NO2 is 1.